The summed E-state index contributed by atoms with van der Waals surface area (Å²) in [6.45, 7) is 0.827. The number of nitrogens with zero attached hydrogens (tertiary/aromatic N) is 1. The Kier molecular flexibility index (Phi) is 5.27. The highest BCUT2D eigenvalue weighted by atomic mass is 16.5. The fourth-order valence-electron chi connectivity index (χ4n) is 3.98. The molecule has 2 aliphatic rings. The molecule has 2 fully saturated rings. The number of hydrogen-bond donors (Lipinski definition) is 1. The van der Waals surface area contributed by atoms with Crippen LogP contribution in [0, 0.1) is 0 Å². The van der Waals surface area contributed by atoms with Gasteiger partial charge in [-0.1, -0.05) is 31.4 Å². The highest BCUT2D eigenvalue weighted by Crippen LogP contribution is 2.41. The van der Waals surface area contributed by atoms with Crippen LogP contribution in [0.4, 0.5) is 0 Å². The number of ether oxygens (including phenoxy) is 2. The van der Waals surface area contributed by atoms with E-state index in [9.17, 15) is 14.7 Å². The average Bonchev–Trinajstić information content (AvgIpc) is 2.68. The zero-order valence-electron chi connectivity index (χ0n) is 14.6. The number of carboxylic acids is 1. The zero-order valence-corrected chi connectivity index (χ0v) is 14.6. The van der Waals surface area contributed by atoms with Crippen molar-refractivity contribution in [2.24, 2.45) is 0 Å². The third-order valence-electron chi connectivity index (χ3n) is 5.39. The molecule has 1 aromatic rings. The Morgan fingerprint density at radius 2 is 1.88 bits per heavy atom. The highest BCUT2D eigenvalue weighted by molar-refractivity contribution is 5.89. The van der Waals surface area contributed by atoms with E-state index < -0.39 is 17.5 Å². The lowest BCUT2D eigenvalue weighted by atomic mass is 9.68. The Balaban J connectivity index is 1.88. The highest BCUT2D eigenvalue weighted by Gasteiger charge is 2.45. The molecule has 0 radical (unpaired) electrons. The lowest BCUT2D eigenvalue weighted by molar-refractivity contribution is -0.161. The van der Waals surface area contributed by atoms with Crippen LogP contribution < -0.4 is 4.74 Å². The van der Waals surface area contributed by atoms with Gasteiger partial charge in [-0.05, 0) is 30.5 Å². The van der Waals surface area contributed by atoms with Crippen LogP contribution in [0.25, 0.3) is 0 Å². The first kappa shape index (κ1) is 17.7. The Morgan fingerprint density at radius 3 is 2.48 bits per heavy atom. The van der Waals surface area contributed by atoms with E-state index in [1.54, 1.807) is 12.0 Å². The van der Waals surface area contributed by atoms with Gasteiger partial charge in [0, 0.05) is 6.54 Å². The monoisotopic (exact) mass is 347 g/mol. The van der Waals surface area contributed by atoms with Crippen LogP contribution in [-0.4, -0.2) is 54.8 Å². The maximum absolute atomic E-state index is 13.4. The average molecular weight is 347 g/mol. The van der Waals surface area contributed by atoms with Gasteiger partial charge in [0.25, 0.3) is 0 Å². The molecule has 1 aromatic carbocycles. The molecule has 0 spiro atoms. The molecule has 6 heteroatoms. The smallest absolute Gasteiger partial charge is 0.334 e. The van der Waals surface area contributed by atoms with E-state index in [0.29, 0.717) is 6.54 Å². The van der Waals surface area contributed by atoms with Gasteiger partial charge in [-0.2, -0.15) is 0 Å². The van der Waals surface area contributed by atoms with Gasteiger partial charge in [-0.3, -0.25) is 4.79 Å². The summed E-state index contributed by atoms with van der Waals surface area (Å²) in [6.07, 6.45) is 3.80. The molecule has 1 heterocycles. The second kappa shape index (κ2) is 7.44. The molecule has 1 aliphatic heterocycles. The molecule has 3 rings (SSSR count). The molecular formula is C19H25NO5. The number of hydrogen-bond acceptors (Lipinski definition) is 4. The largest absolute Gasteiger partial charge is 0.497 e. The van der Waals surface area contributed by atoms with Crippen molar-refractivity contribution in [3.8, 4) is 5.75 Å². The van der Waals surface area contributed by atoms with Crippen molar-refractivity contribution < 1.29 is 24.2 Å². The summed E-state index contributed by atoms with van der Waals surface area (Å²) in [6, 6.07) is 7.71. The van der Waals surface area contributed by atoms with E-state index in [-0.39, 0.29) is 19.1 Å². The van der Waals surface area contributed by atoms with Gasteiger partial charge in [0.1, 0.15) is 5.75 Å². The van der Waals surface area contributed by atoms with Gasteiger partial charge in [0.05, 0.1) is 25.7 Å². The predicted molar refractivity (Wildman–Crippen MR) is 91.7 cm³/mol. The topological polar surface area (TPSA) is 76.1 Å². The molecule has 1 N–H and O–H groups in total. The van der Waals surface area contributed by atoms with Crippen LogP contribution in [0.3, 0.4) is 0 Å². The van der Waals surface area contributed by atoms with E-state index >= 15 is 0 Å². The van der Waals surface area contributed by atoms with Gasteiger partial charge < -0.3 is 19.5 Å². The Labute approximate surface area is 147 Å². The van der Waals surface area contributed by atoms with Crippen molar-refractivity contribution in [2.75, 3.05) is 26.8 Å². The summed E-state index contributed by atoms with van der Waals surface area (Å²) >= 11 is 0. The third kappa shape index (κ3) is 3.49. The number of amides is 1. The van der Waals surface area contributed by atoms with Crippen molar-refractivity contribution in [3.05, 3.63) is 29.8 Å². The van der Waals surface area contributed by atoms with Crippen molar-refractivity contribution >= 4 is 11.9 Å². The van der Waals surface area contributed by atoms with Gasteiger partial charge in [0.2, 0.25) is 5.91 Å². The van der Waals surface area contributed by atoms with E-state index in [4.69, 9.17) is 9.47 Å². The van der Waals surface area contributed by atoms with Crippen molar-refractivity contribution in [3.63, 3.8) is 0 Å². The van der Waals surface area contributed by atoms with E-state index in [1.165, 1.54) is 0 Å². The molecular weight excluding hydrogens is 322 g/mol. The summed E-state index contributed by atoms with van der Waals surface area (Å²) in [5.74, 6) is -0.217. The summed E-state index contributed by atoms with van der Waals surface area (Å²) in [5, 5.41) is 9.21. The predicted octanol–water partition coefficient (Wildman–Crippen LogP) is 2.21. The number of morpholine rings is 1. The molecule has 0 bridgehead atoms. The fraction of sp³-hybridized carbons (Fsp3) is 0.579. The minimum absolute atomic E-state index is 0.0342. The lowest BCUT2D eigenvalue weighted by Crippen LogP contribution is -2.55. The van der Waals surface area contributed by atoms with Gasteiger partial charge in [0.15, 0.2) is 6.10 Å². The molecule has 1 amide bonds. The summed E-state index contributed by atoms with van der Waals surface area (Å²) < 4.78 is 10.5. The van der Waals surface area contributed by atoms with Gasteiger partial charge in [-0.25, -0.2) is 4.79 Å². The fourth-order valence-corrected chi connectivity index (χ4v) is 3.98. The maximum atomic E-state index is 13.4. The number of carbonyl (C=O) groups is 2. The summed E-state index contributed by atoms with van der Waals surface area (Å²) in [5.41, 5.74) is 0.432. The van der Waals surface area contributed by atoms with Crippen molar-refractivity contribution in [1.29, 1.82) is 0 Å². The zero-order chi connectivity index (χ0) is 17.9. The number of methoxy groups -OCH3 is 1. The van der Waals surface area contributed by atoms with Gasteiger partial charge >= 0.3 is 5.97 Å². The van der Waals surface area contributed by atoms with Crippen LogP contribution in [0.2, 0.25) is 0 Å². The van der Waals surface area contributed by atoms with Crippen LogP contribution in [-0.2, 0) is 19.7 Å². The van der Waals surface area contributed by atoms with Crippen molar-refractivity contribution in [1.82, 2.24) is 4.90 Å². The van der Waals surface area contributed by atoms with E-state index in [2.05, 4.69) is 0 Å². The maximum Gasteiger partial charge on any atom is 0.334 e. The SMILES string of the molecule is COc1ccc(C2(C(=O)N3CCO[C@@H](C(=O)O)C3)CCCCC2)cc1. The summed E-state index contributed by atoms with van der Waals surface area (Å²) in [7, 11) is 1.62. The van der Waals surface area contributed by atoms with Crippen LogP contribution >= 0.6 is 0 Å². The summed E-state index contributed by atoms with van der Waals surface area (Å²) in [4.78, 5) is 26.4. The molecule has 1 saturated carbocycles. The molecule has 1 aliphatic carbocycles. The first-order chi connectivity index (χ1) is 12.1. The second-order valence-electron chi connectivity index (χ2n) is 6.82. The number of carbonyl (C=O) groups excluding carboxylic acids is 1. The molecule has 0 unspecified atom stereocenters. The van der Waals surface area contributed by atoms with E-state index in [1.807, 2.05) is 24.3 Å². The number of aliphatic carboxylic acids is 1. The number of benzene rings is 1. The quantitative estimate of drug-likeness (QED) is 0.904. The number of carboxylic acid groups (broad SMARTS) is 1. The van der Waals surface area contributed by atoms with Crippen LogP contribution in [0.5, 0.6) is 5.75 Å². The molecule has 1 atom stereocenters. The lowest BCUT2D eigenvalue weighted by Gasteiger charge is -2.42. The van der Waals surface area contributed by atoms with Gasteiger partial charge in [-0.15, -0.1) is 0 Å². The minimum atomic E-state index is -1.01. The second-order valence-corrected chi connectivity index (χ2v) is 6.82. The molecule has 0 aromatic heterocycles. The molecule has 25 heavy (non-hydrogen) atoms. The molecule has 1 saturated heterocycles. The molecule has 136 valence electrons. The first-order valence-corrected chi connectivity index (χ1v) is 8.85. The standard InChI is InChI=1S/C19H25NO5/c1-24-15-7-5-14(6-8-15)19(9-3-2-4-10-19)18(23)20-11-12-25-16(13-20)17(21)22/h5-8,16H,2-4,9-13H2,1H3,(H,21,22)/t16-/m1/s1. The van der Waals surface area contributed by atoms with Crippen LogP contribution in [0.1, 0.15) is 37.7 Å². The first-order valence-electron chi connectivity index (χ1n) is 8.85. The Morgan fingerprint density at radius 1 is 1.20 bits per heavy atom. The van der Waals surface area contributed by atoms with Crippen molar-refractivity contribution in [2.45, 2.75) is 43.6 Å². The number of rotatable bonds is 4. The van der Waals surface area contributed by atoms with E-state index in [0.717, 1.165) is 43.4 Å². The van der Waals surface area contributed by atoms with Crippen LogP contribution in [0.15, 0.2) is 24.3 Å². The molecule has 6 nitrogen and oxygen atoms in total. The normalized spacial score (nSPS) is 23.1. The third-order valence-corrected chi connectivity index (χ3v) is 5.39. The Bertz CT molecular complexity index is 621. The Hall–Kier alpha value is -2.08. The minimum Gasteiger partial charge on any atom is -0.497 e.